The van der Waals surface area contributed by atoms with E-state index in [0.29, 0.717) is 24.3 Å². The molecule has 3 aromatic carbocycles. The number of alkyl halides is 1. The van der Waals surface area contributed by atoms with Crippen molar-refractivity contribution in [2.75, 3.05) is 13.3 Å². The third-order valence-electron chi connectivity index (χ3n) is 4.51. The van der Waals surface area contributed by atoms with E-state index in [1.807, 2.05) is 36.4 Å². The van der Waals surface area contributed by atoms with E-state index < -0.39 is 6.67 Å². The van der Waals surface area contributed by atoms with Crippen LogP contribution in [0.3, 0.4) is 0 Å². The summed E-state index contributed by atoms with van der Waals surface area (Å²) in [6.07, 6.45) is 2.54. The van der Waals surface area contributed by atoms with Crippen molar-refractivity contribution in [2.45, 2.75) is 26.2 Å². The molecule has 0 N–H and O–H groups in total. The van der Waals surface area contributed by atoms with Gasteiger partial charge in [0.25, 0.3) is 0 Å². The summed E-state index contributed by atoms with van der Waals surface area (Å²) in [6.45, 7) is 2.11. The highest BCUT2D eigenvalue weighted by atomic mass is 19.1. The maximum Gasteiger partial charge on any atom is 0.131 e. The van der Waals surface area contributed by atoms with E-state index in [0.717, 1.165) is 29.5 Å². The molecule has 0 spiro atoms. The molecule has 0 aromatic heterocycles. The van der Waals surface area contributed by atoms with Crippen LogP contribution in [0.15, 0.2) is 66.7 Å². The first-order valence-electron chi connectivity index (χ1n) is 9.39. The molecule has 0 aliphatic rings. The van der Waals surface area contributed by atoms with Crippen molar-refractivity contribution in [1.29, 1.82) is 0 Å². The van der Waals surface area contributed by atoms with Gasteiger partial charge in [-0.1, -0.05) is 61.9 Å². The molecular formula is C24H24F2O. The second kappa shape index (κ2) is 9.31. The average molecular weight is 366 g/mol. The van der Waals surface area contributed by atoms with E-state index >= 15 is 0 Å². The summed E-state index contributed by atoms with van der Waals surface area (Å²) < 4.78 is 32.2. The largest absolute Gasteiger partial charge is 0.493 e. The Hall–Kier alpha value is -2.68. The topological polar surface area (TPSA) is 9.23 Å². The highest BCUT2D eigenvalue weighted by Crippen LogP contribution is 2.29. The van der Waals surface area contributed by atoms with Crippen molar-refractivity contribution in [1.82, 2.24) is 0 Å². The molecule has 0 saturated carbocycles. The lowest BCUT2D eigenvalue weighted by atomic mass is 9.98. The lowest BCUT2D eigenvalue weighted by molar-refractivity contribution is 0.289. The van der Waals surface area contributed by atoms with Gasteiger partial charge in [0.05, 0.1) is 13.3 Å². The van der Waals surface area contributed by atoms with Gasteiger partial charge in [0, 0.05) is 12.0 Å². The second-order valence-corrected chi connectivity index (χ2v) is 6.56. The second-order valence-electron chi connectivity index (χ2n) is 6.56. The summed E-state index contributed by atoms with van der Waals surface area (Å²) in [5.74, 6) is 0.410. The van der Waals surface area contributed by atoms with Gasteiger partial charge in [-0.2, -0.15) is 0 Å². The molecule has 0 bridgehead atoms. The SMILES string of the molecule is CCCc1ccc(-c2ccc(-c3ccc(OCCCF)cc3)c(F)c2)cc1. The van der Waals surface area contributed by atoms with E-state index in [9.17, 15) is 8.78 Å². The summed E-state index contributed by atoms with van der Waals surface area (Å²) in [5.41, 5.74) is 4.52. The summed E-state index contributed by atoms with van der Waals surface area (Å²) in [7, 11) is 0. The minimum atomic E-state index is -0.392. The molecule has 0 atom stereocenters. The Bertz CT molecular complexity index is 855. The van der Waals surface area contributed by atoms with Crippen LogP contribution in [0.4, 0.5) is 8.78 Å². The number of hydrogen-bond donors (Lipinski definition) is 0. The highest BCUT2D eigenvalue weighted by molar-refractivity contribution is 5.71. The van der Waals surface area contributed by atoms with Crippen molar-refractivity contribution in [2.24, 2.45) is 0 Å². The monoisotopic (exact) mass is 366 g/mol. The molecule has 3 rings (SSSR count). The first-order valence-corrected chi connectivity index (χ1v) is 9.39. The predicted molar refractivity (Wildman–Crippen MR) is 107 cm³/mol. The van der Waals surface area contributed by atoms with Gasteiger partial charge < -0.3 is 4.74 Å². The Kier molecular flexibility index (Phi) is 6.59. The van der Waals surface area contributed by atoms with E-state index in [1.165, 1.54) is 5.56 Å². The molecule has 1 nitrogen and oxygen atoms in total. The van der Waals surface area contributed by atoms with Crippen molar-refractivity contribution >= 4 is 0 Å². The van der Waals surface area contributed by atoms with E-state index in [1.54, 1.807) is 18.2 Å². The number of rotatable bonds is 8. The summed E-state index contributed by atoms with van der Waals surface area (Å²) >= 11 is 0. The molecule has 0 unspecified atom stereocenters. The molecule has 140 valence electrons. The first-order chi connectivity index (χ1) is 13.2. The Morgan fingerprint density at radius 1 is 0.815 bits per heavy atom. The van der Waals surface area contributed by atoms with Crippen LogP contribution in [0.2, 0.25) is 0 Å². The number of halogens is 2. The van der Waals surface area contributed by atoms with Gasteiger partial charge in [-0.15, -0.1) is 0 Å². The zero-order valence-corrected chi connectivity index (χ0v) is 15.6. The van der Waals surface area contributed by atoms with Crippen LogP contribution in [0.5, 0.6) is 5.75 Å². The molecular weight excluding hydrogens is 342 g/mol. The van der Waals surface area contributed by atoms with Gasteiger partial charge in [-0.25, -0.2) is 4.39 Å². The average Bonchev–Trinajstić information content (AvgIpc) is 2.70. The van der Waals surface area contributed by atoms with Gasteiger partial charge in [0.1, 0.15) is 11.6 Å². The maximum atomic E-state index is 14.7. The Balaban J connectivity index is 1.76. The number of ether oxygens (including phenoxy) is 1. The normalized spacial score (nSPS) is 10.8. The molecule has 0 heterocycles. The quantitative estimate of drug-likeness (QED) is 0.396. The van der Waals surface area contributed by atoms with Crippen LogP contribution in [-0.2, 0) is 6.42 Å². The van der Waals surface area contributed by atoms with Crippen molar-refractivity contribution in [3.8, 4) is 28.0 Å². The zero-order chi connectivity index (χ0) is 19.1. The number of hydrogen-bond acceptors (Lipinski definition) is 1. The van der Waals surface area contributed by atoms with E-state index in [4.69, 9.17) is 4.74 Å². The Morgan fingerprint density at radius 2 is 1.48 bits per heavy atom. The highest BCUT2D eigenvalue weighted by Gasteiger charge is 2.08. The van der Waals surface area contributed by atoms with Crippen LogP contribution in [0, 0.1) is 5.82 Å². The molecule has 0 saturated heterocycles. The molecule has 0 fully saturated rings. The van der Waals surface area contributed by atoms with Crippen molar-refractivity contribution in [3.05, 3.63) is 78.1 Å². The van der Waals surface area contributed by atoms with Crippen LogP contribution < -0.4 is 4.74 Å². The van der Waals surface area contributed by atoms with Crippen LogP contribution in [0.25, 0.3) is 22.3 Å². The molecule has 0 radical (unpaired) electrons. The summed E-state index contributed by atoms with van der Waals surface area (Å²) in [6, 6.07) is 20.8. The molecule has 0 aliphatic heterocycles. The van der Waals surface area contributed by atoms with Gasteiger partial charge in [-0.3, -0.25) is 4.39 Å². The van der Waals surface area contributed by atoms with E-state index in [-0.39, 0.29) is 5.82 Å². The molecule has 3 heteroatoms. The minimum Gasteiger partial charge on any atom is -0.493 e. The van der Waals surface area contributed by atoms with Gasteiger partial charge in [0.15, 0.2) is 0 Å². The van der Waals surface area contributed by atoms with E-state index in [2.05, 4.69) is 19.1 Å². The van der Waals surface area contributed by atoms with Crippen molar-refractivity contribution in [3.63, 3.8) is 0 Å². The van der Waals surface area contributed by atoms with Crippen LogP contribution in [-0.4, -0.2) is 13.3 Å². The first kappa shape index (κ1) is 19.1. The fourth-order valence-corrected chi connectivity index (χ4v) is 3.06. The maximum absolute atomic E-state index is 14.7. The van der Waals surface area contributed by atoms with Crippen LogP contribution >= 0.6 is 0 Å². The fraction of sp³-hybridized carbons (Fsp3) is 0.250. The third-order valence-corrected chi connectivity index (χ3v) is 4.51. The zero-order valence-electron chi connectivity index (χ0n) is 15.6. The minimum absolute atomic E-state index is 0.253. The van der Waals surface area contributed by atoms with Gasteiger partial charge in [-0.05, 0) is 46.9 Å². The van der Waals surface area contributed by atoms with Gasteiger partial charge >= 0.3 is 0 Å². The number of aryl methyl sites for hydroxylation is 1. The smallest absolute Gasteiger partial charge is 0.131 e. The lowest BCUT2D eigenvalue weighted by Crippen LogP contribution is -1.97. The molecule has 0 amide bonds. The standard InChI is InChI=1S/C24H24F2O/c1-2-4-18-5-7-19(8-6-18)21-11-14-23(24(26)17-21)20-9-12-22(13-10-20)27-16-3-15-25/h5-14,17H,2-4,15-16H2,1H3. The lowest BCUT2D eigenvalue weighted by Gasteiger charge is -2.09. The molecule has 3 aromatic rings. The fourth-order valence-electron chi connectivity index (χ4n) is 3.06. The molecule has 27 heavy (non-hydrogen) atoms. The summed E-state index contributed by atoms with van der Waals surface area (Å²) in [5, 5.41) is 0. The van der Waals surface area contributed by atoms with Gasteiger partial charge in [0.2, 0.25) is 0 Å². The third kappa shape index (κ3) is 4.94. The Labute approximate surface area is 159 Å². The number of benzene rings is 3. The summed E-state index contributed by atoms with van der Waals surface area (Å²) in [4.78, 5) is 0. The van der Waals surface area contributed by atoms with Crippen LogP contribution in [0.1, 0.15) is 25.3 Å². The van der Waals surface area contributed by atoms with Crippen molar-refractivity contribution < 1.29 is 13.5 Å². The Morgan fingerprint density at radius 3 is 2.11 bits per heavy atom. The predicted octanol–water partition coefficient (Wildman–Crippen LogP) is 6.85. The molecule has 0 aliphatic carbocycles.